The largest absolute Gasteiger partial charge is 0.495 e. The number of ether oxygens (including phenoxy) is 1. The fourth-order valence-corrected chi connectivity index (χ4v) is 5.78. The maximum atomic E-state index is 14.0. The first-order valence-electron chi connectivity index (χ1n) is 12.7. The zero-order valence-electron chi connectivity index (χ0n) is 22.6. The lowest BCUT2D eigenvalue weighted by Gasteiger charge is -2.33. The van der Waals surface area contributed by atoms with Gasteiger partial charge >= 0.3 is 0 Å². The smallest absolute Gasteiger partial charge is 0.264 e. The maximum Gasteiger partial charge on any atom is 0.264 e. The summed E-state index contributed by atoms with van der Waals surface area (Å²) in [6.45, 7) is 5.42. The van der Waals surface area contributed by atoms with Gasteiger partial charge in [-0.2, -0.15) is 0 Å². The van der Waals surface area contributed by atoms with Crippen molar-refractivity contribution < 1.29 is 22.7 Å². The molecule has 0 saturated carbocycles. The molecule has 2 amide bonds. The Labute approximate surface area is 235 Å². The first-order valence-corrected chi connectivity index (χ1v) is 14.5. The van der Waals surface area contributed by atoms with Crippen molar-refractivity contribution in [3.05, 3.63) is 88.9 Å². The fourth-order valence-electron chi connectivity index (χ4n) is 4.20. The van der Waals surface area contributed by atoms with Gasteiger partial charge in [-0.15, -0.1) is 0 Å². The second-order valence-corrected chi connectivity index (χ2v) is 11.3. The second kappa shape index (κ2) is 13.5. The second-order valence-electron chi connectivity index (χ2n) is 8.97. The van der Waals surface area contributed by atoms with Crippen molar-refractivity contribution in [1.82, 2.24) is 10.2 Å². The summed E-state index contributed by atoms with van der Waals surface area (Å²) in [7, 11) is -2.83. The number of nitrogens with one attached hydrogen (secondary N) is 1. The summed E-state index contributed by atoms with van der Waals surface area (Å²) in [5.74, 6) is -0.625. The van der Waals surface area contributed by atoms with Crippen molar-refractivity contribution in [2.45, 2.75) is 44.7 Å². The van der Waals surface area contributed by atoms with E-state index in [2.05, 4.69) is 5.32 Å². The van der Waals surface area contributed by atoms with E-state index >= 15 is 0 Å². The van der Waals surface area contributed by atoms with Crippen molar-refractivity contribution in [3.63, 3.8) is 0 Å². The third kappa shape index (κ3) is 7.30. The van der Waals surface area contributed by atoms with Gasteiger partial charge in [0.15, 0.2) is 0 Å². The summed E-state index contributed by atoms with van der Waals surface area (Å²) < 4.78 is 34.4. The lowest BCUT2D eigenvalue weighted by molar-refractivity contribution is -0.140. The van der Waals surface area contributed by atoms with Crippen LogP contribution in [0.4, 0.5) is 5.69 Å². The van der Waals surface area contributed by atoms with Crippen LogP contribution in [0.2, 0.25) is 5.02 Å². The number of sulfonamides is 1. The first-order chi connectivity index (χ1) is 18.6. The van der Waals surface area contributed by atoms with Crippen LogP contribution in [-0.2, 0) is 26.2 Å². The van der Waals surface area contributed by atoms with Gasteiger partial charge in [-0.3, -0.25) is 13.9 Å². The molecule has 3 aromatic rings. The van der Waals surface area contributed by atoms with Gasteiger partial charge in [0.25, 0.3) is 10.0 Å². The topological polar surface area (TPSA) is 96.0 Å². The van der Waals surface area contributed by atoms with Crippen molar-refractivity contribution in [2.75, 3.05) is 24.5 Å². The Morgan fingerprint density at radius 3 is 2.26 bits per heavy atom. The Kier molecular flexibility index (Phi) is 10.4. The van der Waals surface area contributed by atoms with Crippen LogP contribution in [0, 0.1) is 6.92 Å². The van der Waals surface area contributed by atoms with Crippen LogP contribution in [0.15, 0.2) is 77.7 Å². The monoisotopic (exact) mass is 571 g/mol. The van der Waals surface area contributed by atoms with Gasteiger partial charge in [-0.05, 0) is 56.2 Å². The summed E-state index contributed by atoms with van der Waals surface area (Å²) >= 11 is 6.27. The van der Waals surface area contributed by atoms with Crippen LogP contribution in [0.5, 0.6) is 5.75 Å². The van der Waals surface area contributed by atoms with Gasteiger partial charge in [0.2, 0.25) is 11.8 Å². The molecule has 0 aromatic heterocycles. The molecule has 0 bridgehead atoms. The molecule has 208 valence electrons. The number of rotatable bonds is 12. The molecule has 0 heterocycles. The average Bonchev–Trinajstić information content (AvgIpc) is 2.92. The predicted molar refractivity (Wildman–Crippen MR) is 153 cm³/mol. The molecular weight excluding hydrogens is 538 g/mol. The summed E-state index contributed by atoms with van der Waals surface area (Å²) in [5, 5.41) is 3.06. The van der Waals surface area contributed by atoms with E-state index < -0.39 is 28.5 Å². The number of hydrogen-bond donors (Lipinski definition) is 1. The molecule has 0 radical (unpaired) electrons. The first kappa shape index (κ1) is 30.0. The van der Waals surface area contributed by atoms with Crippen LogP contribution >= 0.6 is 11.6 Å². The number of anilines is 1. The quantitative estimate of drug-likeness (QED) is 0.337. The number of likely N-dealkylation sites (N-methyl/N-ethyl adjacent to an activating group) is 1. The minimum atomic E-state index is -4.24. The lowest BCUT2D eigenvalue weighted by atomic mass is 10.1. The van der Waals surface area contributed by atoms with Crippen LogP contribution < -0.4 is 14.4 Å². The molecule has 39 heavy (non-hydrogen) atoms. The molecular formula is C29H34ClN3O5S. The Hall–Kier alpha value is -3.56. The Balaban J connectivity index is 2.12. The molecule has 0 aliphatic carbocycles. The summed E-state index contributed by atoms with van der Waals surface area (Å²) in [4.78, 5) is 28.4. The number of aryl methyl sites for hydroxylation is 1. The highest BCUT2D eigenvalue weighted by Crippen LogP contribution is 2.35. The minimum Gasteiger partial charge on any atom is -0.495 e. The van der Waals surface area contributed by atoms with Crippen molar-refractivity contribution >= 4 is 39.1 Å². The highest BCUT2D eigenvalue weighted by atomic mass is 35.5. The zero-order chi connectivity index (χ0) is 28.6. The molecule has 0 unspecified atom stereocenters. The number of carbonyl (C=O) groups is 2. The number of amides is 2. The Morgan fingerprint density at radius 1 is 1.00 bits per heavy atom. The maximum absolute atomic E-state index is 14.0. The SMILES string of the molecule is CCNC(=O)[C@@H](CC)N(Cc1ccccc1)C(=O)CN(c1cc(Cl)ccc1OC)S(=O)(=O)c1ccc(C)cc1. The van der Waals surface area contributed by atoms with Gasteiger partial charge in [0.1, 0.15) is 18.3 Å². The van der Waals surface area contributed by atoms with E-state index in [1.54, 1.807) is 31.2 Å². The number of hydrogen-bond acceptors (Lipinski definition) is 5. The van der Waals surface area contributed by atoms with Crippen LogP contribution in [0.1, 0.15) is 31.4 Å². The summed E-state index contributed by atoms with van der Waals surface area (Å²) in [6, 6.07) is 19.4. The van der Waals surface area contributed by atoms with E-state index in [-0.39, 0.29) is 33.8 Å². The van der Waals surface area contributed by atoms with E-state index in [1.807, 2.05) is 44.2 Å². The highest BCUT2D eigenvalue weighted by Gasteiger charge is 2.34. The summed E-state index contributed by atoms with van der Waals surface area (Å²) in [5.41, 5.74) is 1.81. The molecule has 8 nitrogen and oxygen atoms in total. The van der Waals surface area contributed by atoms with Gasteiger partial charge in [0.05, 0.1) is 17.7 Å². The van der Waals surface area contributed by atoms with E-state index in [0.717, 1.165) is 15.4 Å². The van der Waals surface area contributed by atoms with Crippen LogP contribution in [-0.4, -0.2) is 51.4 Å². The predicted octanol–water partition coefficient (Wildman–Crippen LogP) is 4.80. The third-order valence-electron chi connectivity index (χ3n) is 6.23. The van der Waals surface area contributed by atoms with Crippen molar-refractivity contribution in [1.29, 1.82) is 0 Å². The molecule has 1 N–H and O–H groups in total. The standard InChI is InChI=1S/C29H34ClN3O5S/c1-5-25(29(35)31-6-2)32(19-22-10-8-7-9-11-22)28(34)20-33(26-18-23(30)14-17-27(26)38-4)39(36,37)24-15-12-21(3)13-16-24/h7-18,25H,5-6,19-20H2,1-4H3,(H,31,35)/t25-/m1/s1. The van der Waals surface area contributed by atoms with Gasteiger partial charge < -0.3 is 15.0 Å². The third-order valence-corrected chi connectivity index (χ3v) is 8.24. The Bertz CT molecular complexity index is 1380. The molecule has 0 fully saturated rings. The van der Waals surface area contributed by atoms with Crippen LogP contribution in [0.3, 0.4) is 0 Å². The lowest BCUT2D eigenvalue weighted by Crippen LogP contribution is -2.52. The number of benzene rings is 3. The van der Waals surface area contributed by atoms with E-state index in [0.29, 0.717) is 13.0 Å². The number of nitrogens with zero attached hydrogens (tertiary/aromatic N) is 2. The van der Waals surface area contributed by atoms with Gasteiger partial charge in [0, 0.05) is 18.1 Å². The summed E-state index contributed by atoms with van der Waals surface area (Å²) in [6.07, 6.45) is 0.343. The number of halogens is 1. The Morgan fingerprint density at radius 2 is 1.67 bits per heavy atom. The zero-order valence-corrected chi connectivity index (χ0v) is 24.1. The molecule has 3 aromatic carbocycles. The van der Waals surface area contributed by atoms with Gasteiger partial charge in [-0.1, -0.05) is 66.6 Å². The average molecular weight is 572 g/mol. The van der Waals surface area contributed by atoms with Crippen molar-refractivity contribution in [3.8, 4) is 5.75 Å². The van der Waals surface area contributed by atoms with E-state index in [4.69, 9.17) is 16.3 Å². The van der Waals surface area contributed by atoms with Crippen LogP contribution in [0.25, 0.3) is 0 Å². The van der Waals surface area contributed by atoms with E-state index in [1.165, 1.54) is 30.2 Å². The minimum absolute atomic E-state index is 0.00769. The fraction of sp³-hybridized carbons (Fsp3) is 0.310. The van der Waals surface area contributed by atoms with Gasteiger partial charge in [-0.25, -0.2) is 8.42 Å². The number of carbonyl (C=O) groups excluding carboxylic acids is 2. The molecule has 0 saturated heterocycles. The van der Waals surface area contributed by atoms with E-state index in [9.17, 15) is 18.0 Å². The molecule has 10 heteroatoms. The normalized spacial score (nSPS) is 11.9. The van der Waals surface area contributed by atoms with Crippen molar-refractivity contribution in [2.24, 2.45) is 0 Å². The molecule has 3 rings (SSSR count). The molecule has 0 aliphatic rings. The molecule has 0 aliphatic heterocycles. The molecule has 0 spiro atoms. The number of methoxy groups -OCH3 is 1. The highest BCUT2D eigenvalue weighted by molar-refractivity contribution is 7.92. The molecule has 1 atom stereocenters.